The van der Waals surface area contributed by atoms with Crippen molar-refractivity contribution in [2.45, 2.75) is 6.18 Å². The lowest BCUT2D eigenvalue weighted by Gasteiger charge is -2.07. The zero-order valence-corrected chi connectivity index (χ0v) is 13.2. The van der Waals surface area contributed by atoms with Crippen molar-refractivity contribution in [2.24, 2.45) is 0 Å². The molecule has 2 aromatic carbocycles. The van der Waals surface area contributed by atoms with Gasteiger partial charge in [-0.1, -0.05) is 18.2 Å². The van der Waals surface area contributed by atoms with Gasteiger partial charge in [0.05, 0.1) is 20.8 Å². The third-order valence-electron chi connectivity index (χ3n) is 2.93. The molecule has 0 aliphatic rings. The van der Waals surface area contributed by atoms with E-state index in [1.807, 2.05) is 28.7 Å². The molecule has 0 radical (unpaired) electrons. The SMILES string of the molecule is N#C/C(=C/c1ccc(O)c(I)c1)c1ccc(C(F)(F)F)cc1. The maximum atomic E-state index is 12.5. The molecule has 0 unspecified atom stereocenters. The number of allylic oxidation sites excluding steroid dienone is 1. The number of nitrogens with zero attached hydrogens (tertiary/aromatic N) is 1. The first-order chi connectivity index (χ1) is 10.3. The Morgan fingerprint density at radius 2 is 1.77 bits per heavy atom. The molecule has 0 saturated heterocycles. The fourth-order valence-electron chi connectivity index (χ4n) is 1.80. The molecule has 2 rings (SSSR count). The number of aromatic hydroxyl groups is 1. The van der Waals surface area contributed by atoms with E-state index < -0.39 is 11.7 Å². The molecule has 0 fully saturated rings. The van der Waals surface area contributed by atoms with Crippen molar-refractivity contribution in [1.82, 2.24) is 0 Å². The van der Waals surface area contributed by atoms with Crippen LogP contribution < -0.4 is 0 Å². The standard InChI is InChI=1S/C16H9F3INO/c17-16(18,19)13-4-2-11(3-5-13)12(9-21)7-10-1-6-15(22)14(20)8-10/h1-8,22H/b12-7-. The van der Waals surface area contributed by atoms with Crippen LogP contribution in [-0.2, 0) is 6.18 Å². The molecule has 0 bridgehead atoms. The van der Waals surface area contributed by atoms with Gasteiger partial charge in [0.25, 0.3) is 0 Å². The summed E-state index contributed by atoms with van der Waals surface area (Å²) in [6.45, 7) is 0. The first-order valence-corrected chi connectivity index (χ1v) is 7.17. The molecule has 0 aromatic heterocycles. The quantitative estimate of drug-likeness (QED) is 0.423. The summed E-state index contributed by atoms with van der Waals surface area (Å²) >= 11 is 1.95. The number of hydrogen-bond donors (Lipinski definition) is 1. The number of benzene rings is 2. The van der Waals surface area contributed by atoms with E-state index in [1.165, 1.54) is 18.2 Å². The summed E-state index contributed by atoms with van der Waals surface area (Å²) in [6.07, 6.45) is -2.84. The zero-order valence-electron chi connectivity index (χ0n) is 11.0. The van der Waals surface area contributed by atoms with Gasteiger partial charge in [0.1, 0.15) is 5.75 Å². The maximum absolute atomic E-state index is 12.5. The maximum Gasteiger partial charge on any atom is 0.416 e. The predicted molar refractivity (Wildman–Crippen MR) is 85.8 cm³/mol. The first kappa shape index (κ1) is 16.4. The van der Waals surface area contributed by atoms with Crippen molar-refractivity contribution in [3.8, 4) is 11.8 Å². The summed E-state index contributed by atoms with van der Waals surface area (Å²) in [7, 11) is 0. The van der Waals surface area contributed by atoms with Crippen LogP contribution in [0.1, 0.15) is 16.7 Å². The third-order valence-corrected chi connectivity index (χ3v) is 3.79. The second-order valence-corrected chi connectivity index (χ2v) is 5.62. The van der Waals surface area contributed by atoms with E-state index in [0.29, 0.717) is 14.7 Å². The van der Waals surface area contributed by atoms with Crippen molar-refractivity contribution in [3.05, 3.63) is 62.7 Å². The largest absolute Gasteiger partial charge is 0.507 e. The van der Waals surface area contributed by atoms with E-state index in [2.05, 4.69) is 0 Å². The van der Waals surface area contributed by atoms with E-state index in [1.54, 1.807) is 18.2 Å². The Balaban J connectivity index is 2.37. The molecular formula is C16H9F3INO. The molecule has 0 spiro atoms. The molecule has 22 heavy (non-hydrogen) atoms. The molecule has 0 atom stereocenters. The number of nitriles is 1. The lowest BCUT2D eigenvalue weighted by molar-refractivity contribution is -0.137. The number of hydrogen-bond acceptors (Lipinski definition) is 2. The van der Waals surface area contributed by atoms with Crippen molar-refractivity contribution in [1.29, 1.82) is 5.26 Å². The highest BCUT2D eigenvalue weighted by atomic mass is 127. The fraction of sp³-hybridized carbons (Fsp3) is 0.0625. The molecule has 1 N–H and O–H groups in total. The minimum absolute atomic E-state index is 0.130. The first-order valence-electron chi connectivity index (χ1n) is 6.09. The molecule has 0 aliphatic carbocycles. The monoisotopic (exact) mass is 415 g/mol. The van der Waals surface area contributed by atoms with Crippen LogP contribution in [0.25, 0.3) is 11.6 Å². The molecule has 0 amide bonds. The Morgan fingerprint density at radius 1 is 1.14 bits per heavy atom. The van der Waals surface area contributed by atoms with Gasteiger partial charge in [-0.3, -0.25) is 0 Å². The highest BCUT2D eigenvalue weighted by Crippen LogP contribution is 2.30. The average Bonchev–Trinajstić information content (AvgIpc) is 2.47. The fourth-order valence-corrected chi connectivity index (χ4v) is 2.34. The van der Waals surface area contributed by atoms with Crippen LogP contribution in [0.4, 0.5) is 13.2 Å². The van der Waals surface area contributed by atoms with Crippen LogP contribution in [-0.4, -0.2) is 5.11 Å². The Kier molecular flexibility index (Phi) is 4.76. The van der Waals surface area contributed by atoms with E-state index in [9.17, 15) is 23.5 Å². The van der Waals surface area contributed by atoms with Crippen LogP contribution in [0.2, 0.25) is 0 Å². The molecule has 0 heterocycles. The van der Waals surface area contributed by atoms with E-state index >= 15 is 0 Å². The molecule has 6 heteroatoms. The average molecular weight is 415 g/mol. The number of alkyl halides is 3. The summed E-state index contributed by atoms with van der Waals surface area (Å²) in [5, 5.41) is 18.7. The van der Waals surface area contributed by atoms with Gasteiger partial charge < -0.3 is 5.11 Å². The van der Waals surface area contributed by atoms with Gasteiger partial charge in [-0.2, -0.15) is 18.4 Å². The second-order valence-electron chi connectivity index (χ2n) is 4.46. The smallest absolute Gasteiger partial charge is 0.416 e. The van der Waals surface area contributed by atoms with Gasteiger partial charge >= 0.3 is 6.18 Å². The van der Waals surface area contributed by atoms with Crippen molar-refractivity contribution < 1.29 is 18.3 Å². The second kappa shape index (κ2) is 6.40. The molecule has 2 aromatic rings. The van der Waals surface area contributed by atoms with Crippen molar-refractivity contribution in [3.63, 3.8) is 0 Å². The number of phenolic OH excluding ortho intramolecular Hbond substituents is 1. The highest BCUT2D eigenvalue weighted by molar-refractivity contribution is 14.1. The Bertz CT molecular complexity index is 758. The van der Waals surface area contributed by atoms with Crippen LogP contribution in [0.15, 0.2) is 42.5 Å². The normalized spacial score (nSPS) is 12.0. The molecule has 112 valence electrons. The van der Waals surface area contributed by atoms with E-state index in [4.69, 9.17) is 0 Å². The van der Waals surface area contributed by atoms with E-state index in [0.717, 1.165) is 12.1 Å². The molecule has 0 aliphatic heterocycles. The number of rotatable bonds is 2. The lowest BCUT2D eigenvalue weighted by atomic mass is 10.0. The summed E-state index contributed by atoms with van der Waals surface area (Å²) in [4.78, 5) is 0. The van der Waals surface area contributed by atoms with Crippen molar-refractivity contribution >= 4 is 34.2 Å². The van der Waals surface area contributed by atoms with Crippen LogP contribution in [0.3, 0.4) is 0 Å². The van der Waals surface area contributed by atoms with Gasteiger partial charge in [0, 0.05) is 0 Å². The summed E-state index contributed by atoms with van der Waals surface area (Å²) in [5.41, 5.74) is 0.570. The van der Waals surface area contributed by atoms with Crippen LogP contribution in [0, 0.1) is 14.9 Å². The number of halogens is 4. The predicted octanol–water partition coefficient (Wildman–Crippen LogP) is 5.08. The zero-order chi connectivity index (χ0) is 16.3. The Labute approximate surface area is 138 Å². The topological polar surface area (TPSA) is 44.0 Å². The van der Waals surface area contributed by atoms with Gasteiger partial charge in [0.2, 0.25) is 0 Å². The van der Waals surface area contributed by atoms with Gasteiger partial charge in [-0.25, -0.2) is 0 Å². The molecular weight excluding hydrogens is 406 g/mol. The van der Waals surface area contributed by atoms with Crippen LogP contribution >= 0.6 is 22.6 Å². The van der Waals surface area contributed by atoms with Crippen LogP contribution in [0.5, 0.6) is 5.75 Å². The summed E-state index contributed by atoms with van der Waals surface area (Å²) in [6, 6.07) is 11.2. The van der Waals surface area contributed by atoms with Crippen molar-refractivity contribution in [2.75, 3.05) is 0 Å². The highest BCUT2D eigenvalue weighted by Gasteiger charge is 2.30. The lowest BCUT2D eigenvalue weighted by Crippen LogP contribution is -2.04. The summed E-state index contributed by atoms with van der Waals surface area (Å²) < 4.78 is 38.2. The van der Waals surface area contributed by atoms with Gasteiger partial charge in [0.15, 0.2) is 0 Å². The Hall–Kier alpha value is -2.01. The third kappa shape index (κ3) is 3.80. The minimum atomic E-state index is -4.40. The number of phenols is 1. The Morgan fingerprint density at radius 3 is 2.27 bits per heavy atom. The van der Waals surface area contributed by atoms with Gasteiger partial charge in [-0.05, 0) is 64.1 Å². The molecule has 2 nitrogen and oxygen atoms in total. The van der Waals surface area contributed by atoms with Gasteiger partial charge in [-0.15, -0.1) is 0 Å². The molecule has 0 saturated carbocycles. The minimum Gasteiger partial charge on any atom is -0.507 e. The summed E-state index contributed by atoms with van der Waals surface area (Å²) in [5.74, 6) is 0.130. The van der Waals surface area contributed by atoms with E-state index in [-0.39, 0.29) is 11.3 Å².